The number of rotatable bonds is 2. The topological polar surface area (TPSA) is 23.6 Å². The number of amides is 1. The van der Waals surface area contributed by atoms with Crippen LogP contribution in [0, 0.1) is 11.8 Å². The van der Waals surface area contributed by atoms with Crippen LogP contribution in [0.1, 0.15) is 39.5 Å². The fraction of sp³-hybridized carbons (Fsp3) is 0.929. The third kappa shape index (κ3) is 3.70. The van der Waals surface area contributed by atoms with Gasteiger partial charge in [0.1, 0.15) is 0 Å². The van der Waals surface area contributed by atoms with Crippen LogP contribution in [0.2, 0.25) is 0 Å². The zero-order chi connectivity index (χ0) is 12.3. The van der Waals surface area contributed by atoms with Gasteiger partial charge in [-0.05, 0) is 44.1 Å². The second-order valence-electron chi connectivity index (χ2n) is 6.05. The van der Waals surface area contributed by atoms with E-state index >= 15 is 0 Å². The lowest BCUT2D eigenvalue weighted by Gasteiger charge is -2.34. The number of hydrogen-bond donors (Lipinski definition) is 0. The van der Waals surface area contributed by atoms with Crippen LogP contribution in [0.15, 0.2) is 0 Å². The molecular formula is C14H26N2O. The van der Waals surface area contributed by atoms with Crippen molar-refractivity contribution >= 4 is 5.91 Å². The summed E-state index contributed by atoms with van der Waals surface area (Å²) in [5.74, 6) is 1.91. The minimum absolute atomic E-state index is 0.353. The van der Waals surface area contributed by atoms with E-state index in [2.05, 4.69) is 23.6 Å². The predicted octanol–water partition coefficient (Wildman–Crippen LogP) is 1.98. The van der Waals surface area contributed by atoms with Gasteiger partial charge in [0.25, 0.3) is 0 Å². The van der Waals surface area contributed by atoms with Crippen LogP contribution in [0.4, 0.5) is 0 Å². The SMILES string of the molecule is CC1CCN(C(=O)CN2CCCC(C)C2)CC1. The fourth-order valence-electron chi connectivity index (χ4n) is 2.98. The highest BCUT2D eigenvalue weighted by Gasteiger charge is 2.24. The Bertz CT molecular complexity index is 259. The number of piperidine rings is 2. The lowest BCUT2D eigenvalue weighted by atomic mass is 9.98. The molecule has 0 aromatic rings. The van der Waals surface area contributed by atoms with Gasteiger partial charge < -0.3 is 4.90 Å². The summed E-state index contributed by atoms with van der Waals surface area (Å²) in [6, 6.07) is 0. The summed E-state index contributed by atoms with van der Waals surface area (Å²) in [7, 11) is 0. The first kappa shape index (κ1) is 12.9. The highest BCUT2D eigenvalue weighted by molar-refractivity contribution is 5.78. The Morgan fingerprint density at radius 1 is 1.06 bits per heavy atom. The zero-order valence-electron chi connectivity index (χ0n) is 11.3. The molecule has 2 rings (SSSR count). The minimum Gasteiger partial charge on any atom is -0.342 e. The molecule has 0 aromatic carbocycles. The van der Waals surface area contributed by atoms with Gasteiger partial charge in [-0.3, -0.25) is 9.69 Å². The van der Waals surface area contributed by atoms with E-state index in [-0.39, 0.29) is 0 Å². The molecule has 1 atom stereocenters. The van der Waals surface area contributed by atoms with Crippen LogP contribution in [0.3, 0.4) is 0 Å². The largest absolute Gasteiger partial charge is 0.342 e. The lowest BCUT2D eigenvalue weighted by Crippen LogP contribution is -2.46. The molecule has 1 unspecified atom stereocenters. The lowest BCUT2D eigenvalue weighted by molar-refractivity contribution is -0.134. The molecule has 0 N–H and O–H groups in total. The van der Waals surface area contributed by atoms with Crippen LogP contribution < -0.4 is 0 Å². The molecule has 2 fully saturated rings. The molecule has 0 radical (unpaired) electrons. The Morgan fingerprint density at radius 2 is 1.76 bits per heavy atom. The van der Waals surface area contributed by atoms with Gasteiger partial charge in [-0.2, -0.15) is 0 Å². The highest BCUT2D eigenvalue weighted by atomic mass is 16.2. The van der Waals surface area contributed by atoms with Crippen LogP contribution in [-0.2, 0) is 4.79 Å². The maximum absolute atomic E-state index is 12.2. The highest BCUT2D eigenvalue weighted by Crippen LogP contribution is 2.18. The average Bonchev–Trinajstić information content (AvgIpc) is 2.29. The molecule has 98 valence electrons. The van der Waals surface area contributed by atoms with Crippen molar-refractivity contribution in [2.75, 3.05) is 32.7 Å². The second-order valence-corrected chi connectivity index (χ2v) is 6.05. The molecule has 1 amide bonds. The maximum Gasteiger partial charge on any atom is 0.236 e. The van der Waals surface area contributed by atoms with Gasteiger partial charge in [0.15, 0.2) is 0 Å². The standard InChI is InChI=1S/C14H26N2O/c1-12-5-8-16(9-6-12)14(17)11-15-7-3-4-13(2)10-15/h12-13H,3-11H2,1-2H3. The molecule has 3 nitrogen and oxygen atoms in total. The Morgan fingerprint density at radius 3 is 2.41 bits per heavy atom. The van der Waals surface area contributed by atoms with Crippen LogP contribution >= 0.6 is 0 Å². The summed E-state index contributed by atoms with van der Waals surface area (Å²) >= 11 is 0. The Hall–Kier alpha value is -0.570. The van der Waals surface area contributed by atoms with E-state index in [1.54, 1.807) is 0 Å². The van der Waals surface area contributed by atoms with E-state index in [1.165, 1.54) is 25.7 Å². The Kier molecular flexibility index (Phi) is 4.43. The molecule has 2 saturated heterocycles. The molecule has 3 heteroatoms. The van der Waals surface area contributed by atoms with E-state index in [0.717, 1.165) is 38.0 Å². The van der Waals surface area contributed by atoms with E-state index in [4.69, 9.17) is 0 Å². The zero-order valence-corrected chi connectivity index (χ0v) is 11.3. The molecule has 0 aliphatic carbocycles. The van der Waals surface area contributed by atoms with Crippen molar-refractivity contribution in [3.8, 4) is 0 Å². The first-order valence-electron chi connectivity index (χ1n) is 7.15. The molecule has 17 heavy (non-hydrogen) atoms. The third-order valence-corrected chi connectivity index (χ3v) is 4.24. The predicted molar refractivity (Wildman–Crippen MR) is 69.8 cm³/mol. The summed E-state index contributed by atoms with van der Waals surface area (Å²) in [5.41, 5.74) is 0. The molecule has 2 heterocycles. The molecule has 0 aromatic heterocycles. The number of carbonyl (C=O) groups is 1. The van der Waals surface area contributed by atoms with Gasteiger partial charge in [0.2, 0.25) is 5.91 Å². The molecular weight excluding hydrogens is 212 g/mol. The quantitative estimate of drug-likeness (QED) is 0.734. The second kappa shape index (κ2) is 5.85. The van der Waals surface area contributed by atoms with Crippen molar-refractivity contribution in [2.24, 2.45) is 11.8 Å². The van der Waals surface area contributed by atoms with Gasteiger partial charge in [-0.15, -0.1) is 0 Å². The monoisotopic (exact) mass is 238 g/mol. The maximum atomic E-state index is 12.2. The van der Waals surface area contributed by atoms with Gasteiger partial charge >= 0.3 is 0 Å². The number of nitrogens with zero attached hydrogens (tertiary/aromatic N) is 2. The molecule has 0 saturated carbocycles. The fourth-order valence-corrected chi connectivity index (χ4v) is 2.98. The summed E-state index contributed by atoms with van der Waals surface area (Å²) in [4.78, 5) is 16.6. The molecule has 2 aliphatic heterocycles. The summed E-state index contributed by atoms with van der Waals surface area (Å²) in [6.45, 7) is 9.40. The van der Waals surface area contributed by atoms with Crippen LogP contribution in [0.5, 0.6) is 0 Å². The first-order valence-corrected chi connectivity index (χ1v) is 7.15. The van der Waals surface area contributed by atoms with Crippen LogP contribution in [0.25, 0.3) is 0 Å². The molecule has 0 bridgehead atoms. The summed E-state index contributed by atoms with van der Waals surface area (Å²) in [6.07, 6.45) is 4.95. The summed E-state index contributed by atoms with van der Waals surface area (Å²) in [5, 5.41) is 0. The molecule has 0 spiro atoms. The number of carbonyl (C=O) groups excluding carboxylic acids is 1. The van der Waals surface area contributed by atoms with E-state index < -0.39 is 0 Å². The Labute approximate surface area is 105 Å². The Balaban J connectivity index is 1.76. The van der Waals surface area contributed by atoms with E-state index in [9.17, 15) is 4.79 Å². The normalized spacial score (nSPS) is 28.4. The van der Waals surface area contributed by atoms with Gasteiger partial charge in [-0.25, -0.2) is 0 Å². The van der Waals surface area contributed by atoms with Crippen molar-refractivity contribution in [1.82, 2.24) is 9.80 Å². The smallest absolute Gasteiger partial charge is 0.236 e. The van der Waals surface area contributed by atoms with Crippen molar-refractivity contribution in [3.63, 3.8) is 0 Å². The van der Waals surface area contributed by atoms with Crippen LogP contribution in [-0.4, -0.2) is 48.4 Å². The van der Waals surface area contributed by atoms with E-state index in [0.29, 0.717) is 12.5 Å². The number of hydrogen-bond acceptors (Lipinski definition) is 2. The van der Waals surface area contributed by atoms with E-state index in [1.807, 2.05) is 0 Å². The van der Waals surface area contributed by atoms with Gasteiger partial charge in [-0.1, -0.05) is 13.8 Å². The minimum atomic E-state index is 0.353. The summed E-state index contributed by atoms with van der Waals surface area (Å²) < 4.78 is 0. The van der Waals surface area contributed by atoms with Gasteiger partial charge in [0, 0.05) is 19.6 Å². The average molecular weight is 238 g/mol. The number of likely N-dealkylation sites (tertiary alicyclic amines) is 2. The first-order chi connectivity index (χ1) is 8.15. The van der Waals surface area contributed by atoms with Crippen molar-refractivity contribution in [3.05, 3.63) is 0 Å². The van der Waals surface area contributed by atoms with Gasteiger partial charge in [0.05, 0.1) is 6.54 Å². The van der Waals surface area contributed by atoms with Crippen molar-refractivity contribution in [1.29, 1.82) is 0 Å². The molecule has 2 aliphatic rings. The van der Waals surface area contributed by atoms with Crippen molar-refractivity contribution in [2.45, 2.75) is 39.5 Å². The third-order valence-electron chi connectivity index (χ3n) is 4.24. The van der Waals surface area contributed by atoms with Crippen molar-refractivity contribution < 1.29 is 4.79 Å².